The van der Waals surface area contributed by atoms with Gasteiger partial charge >= 0.3 is 0 Å². The third-order valence-electron chi connectivity index (χ3n) is 4.69. The first-order chi connectivity index (χ1) is 12.9. The van der Waals surface area contributed by atoms with Crippen LogP contribution in [-0.2, 0) is 5.92 Å². The van der Waals surface area contributed by atoms with Crippen molar-refractivity contribution in [3.05, 3.63) is 47.9 Å². The summed E-state index contributed by atoms with van der Waals surface area (Å²) in [5.41, 5.74) is 0.368. The van der Waals surface area contributed by atoms with Crippen LogP contribution in [0.15, 0.2) is 36.8 Å². The lowest BCUT2D eigenvalue weighted by molar-refractivity contribution is -0.00855. The predicted molar refractivity (Wildman–Crippen MR) is 98.1 cm³/mol. The summed E-state index contributed by atoms with van der Waals surface area (Å²) in [4.78, 5) is 22.5. The fourth-order valence-electron chi connectivity index (χ4n) is 2.98. The van der Waals surface area contributed by atoms with E-state index in [4.69, 9.17) is 0 Å². The van der Waals surface area contributed by atoms with Gasteiger partial charge in [-0.1, -0.05) is 6.92 Å². The zero-order valence-electron chi connectivity index (χ0n) is 15.0. The average Bonchev–Trinajstić information content (AvgIpc) is 2.69. The van der Waals surface area contributed by atoms with Gasteiger partial charge in [0.15, 0.2) is 5.82 Å². The van der Waals surface area contributed by atoms with E-state index in [1.165, 1.54) is 25.4 Å². The van der Waals surface area contributed by atoms with Gasteiger partial charge in [-0.25, -0.2) is 13.8 Å². The lowest BCUT2D eigenvalue weighted by atomic mass is 10.1. The molecule has 1 amide bonds. The molecule has 2 aromatic rings. The van der Waals surface area contributed by atoms with Gasteiger partial charge in [-0.15, -0.1) is 0 Å². The first-order valence-corrected chi connectivity index (χ1v) is 8.93. The van der Waals surface area contributed by atoms with Crippen molar-refractivity contribution in [1.29, 1.82) is 0 Å². The molecule has 0 atom stereocenters. The molecule has 2 N–H and O–H groups in total. The number of amides is 1. The number of anilines is 2. The van der Waals surface area contributed by atoms with Crippen molar-refractivity contribution < 1.29 is 18.7 Å². The van der Waals surface area contributed by atoms with Gasteiger partial charge in [0, 0.05) is 49.2 Å². The van der Waals surface area contributed by atoms with Crippen LogP contribution in [0.1, 0.15) is 42.1 Å². The molecule has 1 fully saturated rings. The minimum absolute atomic E-state index is 0.235. The SMILES string of the molecule is CCC(F)(F)c1cnc(N2CCC(O)CC2)c(NC(=O)c2ccncc2)c1. The molecule has 8 heteroatoms. The van der Waals surface area contributed by atoms with Crippen molar-refractivity contribution in [1.82, 2.24) is 9.97 Å². The highest BCUT2D eigenvalue weighted by Gasteiger charge is 2.31. The fourth-order valence-corrected chi connectivity index (χ4v) is 2.98. The van der Waals surface area contributed by atoms with Crippen LogP contribution in [0.2, 0.25) is 0 Å². The summed E-state index contributed by atoms with van der Waals surface area (Å²) in [6.07, 6.45) is 4.52. The van der Waals surface area contributed by atoms with Gasteiger partial charge in [-0.2, -0.15) is 0 Å². The first-order valence-electron chi connectivity index (χ1n) is 8.93. The maximum Gasteiger partial charge on any atom is 0.274 e. The molecule has 2 aromatic heterocycles. The highest BCUT2D eigenvalue weighted by atomic mass is 19.3. The van der Waals surface area contributed by atoms with Crippen LogP contribution in [0, 0.1) is 0 Å². The summed E-state index contributed by atoms with van der Waals surface area (Å²) in [7, 11) is 0. The second kappa shape index (κ2) is 7.96. The van der Waals surface area contributed by atoms with Crippen molar-refractivity contribution in [2.45, 2.75) is 38.2 Å². The Bertz CT molecular complexity index is 794. The Morgan fingerprint density at radius 3 is 2.63 bits per heavy atom. The van der Waals surface area contributed by atoms with Gasteiger partial charge in [-0.3, -0.25) is 9.78 Å². The number of nitrogens with one attached hydrogen (secondary N) is 1. The highest BCUT2D eigenvalue weighted by Crippen LogP contribution is 2.36. The number of aliphatic hydroxyl groups excluding tert-OH is 1. The molecule has 0 radical (unpaired) electrons. The average molecular weight is 376 g/mol. The minimum atomic E-state index is -3.03. The number of hydrogen-bond donors (Lipinski definition) is 2. The monoisotopic (exact) mass is 376 g/mol. The smallest absolute Gasteiger partial charge is 0.274 e. The lowest BCUT2D eigenvalue weighted by Crippen LogP contribution is -2.37. The van der Waals surface area contributed by atoms with Crippen LogP contribution in [0.25, 0.3) is 0 Å². The van der Waals surface area contributed by atoms with Gasteiger partial charge in [-0.05, 0) is 31.0 Å². The summed E-state index contributed by atoms with van der Waals surface area (Å²) in [5.74, 6) is -3.02. The molecular formula is C19H22F2N4O2. The molecule has 0 saturated carbocycles. The molecule has 1 aliphatic rings. The van der Waals surface area contributed by atoms with Crippen molar-refractivity contribution in [2.24, 2.45) is 0 Å². The van der Waals surface area contributed by atoms with Crippen LogP contribution in [0.5, 0.6) is 0 Å². The van der Waals surface area contributed by atoms with Crippen LogP contribution in [0.4, 0.5) is 20.3 Å². The third-order valence-corrected chi connectivity index (χ3v) is 4.69. The number of aromatic nitrogens is 2. The molecule has 1 aliphatic heterocycles. The van der Waals surface area contributed by atoms with Crippen LogP contribution in [0.3, 0.4) is 0 Å². The van der Waals surface area contributed by atoms with E-state index >= 15 is 0 Å². The summed E-state index contributed by atoms with van der Waals surface area (Å²) >= 11 is 0. The Morgan fingerprint density at radius 2 is 2.00 bits per heavy atom. The van der Waals surface area contributed by atoms with Gasteiger partial charge in [0.2, 0.25) is 0 Å². The number of hydrogen-bond acceptors (Lipinski definition) is 5. The summed E-state index contributed by atoms with van der Waals surface area (Å²) in [6, 6.07) is 4.38. The summed E-state index contributed by atoms with van der Waals surface area (Å²) in [6.45, 7) is 2.47. The van der Waals surface area contributed by atoms with E-state index in [1.54, 1.807) is 12.1 Å². The number of aliphatic hydroxyl groups is 1. The lowest BCUT2D eigenvalue weighted by Gasteiger charge is -2.32. The van der Waals surface area contributed by atoms with E-state index in [1.807, 2.05) is 4.90 Å². The largest absolute Gasteiger partial charge is 0.393 e. The molecule has 0 aromatic carbocycles. The molecular weight excluding hydrogens is 354 g/mol. The number of carbonyl (C=O) groups is 1. The van der Waals surface area contributed by atoms with E-state index in [0.717, 1.165) is 6.20 Å². The number of rotatable bonds is 5. The molecule has 27 heavy (non-hydrogen) atoms. The van der Waals surface area contributed by atoms with Gasteiger partial charge in [0.05, 0.1) is 11.8 Å². The Labute approximate surface area is 156 Å². The van der Waals surface area contributed by atoms with Gasteiger partial charge in [0.25, 0.3) is 11.8 Å². The van der Waals surface area contributed by atoms with Crippen molar-refractivity contribution >= 4 is 17.4 Å². The fraction of sp³-hybridized carbons (Fsp3) is 0.421. The molecule has 0 spiro atoms. The van der Waals surface area contributed by atoms with E-state index in [0.29, 0.717) is 37.3 Å². The third kappa shape index (κ3) is 4.39. The summed E-state index contributed by atoms with van der Waals surface area (Å²) < 4.78 is 28.3. The number of piperidine rings is 1. The first kappa shape index (κ1) is 19.2. The molecule has 0 unspecified atom stereocenters. The molecule has 3 heterocycles. The number of pyridine rings is 2. The second-order valence-electron chi connectivity index (χ2n) is 6.56. The summed E-state index contributed by atoms with van der Waals surface area (Å²) in [5, 5.41) is 12.4. The molecule has 3 rings (SSSR count). The molecule has 144 valence electrons. The van der Waals surface area contributed by atoms with Crippen molar-refractivity contribution in [3.63, 3.8) is 0 Å². The number of carbonyl (C=O) groups excluding carboxylic acids is 1. The highest BCUT2D eigenvalue weighted by molar-refractivity contribution is 6.05. The van der Waals surface area contributed by atoms with E-state index in [2.05, 4.69) is 15.3 Å². The van der Waals surface area contributed by atoms with E-state index < -0.39 is 11.8 Å². The Hall–Kier alpha value is -2.61. The Kier molecular flexibility index (Phi) is 5.65. The normalized spacial score (nSPS) is 15.6. The van der Waals surface area contributed by atoms with E-state index in [-0.39, 0.29) is 23.8 Å². The molecule has 0 aliphatic carbocycles. The second-order valence-corrected chi connectivity index (χ2v) is 6.56. The van der Waals surface area contributed by atoms with Gasteiger partial charge in [0.1, 0.15) is 0 Å². The number of nitrogens with zero attached hydrogens (tertiary/aromatic N) is 3. The molecule has 6 nitrogen and oxygen atoms in total. The minimum Gasteiger partial charge on any atom is -0.393 e. The predicted octanol–water partition coefficient (Wildman–Crippen LogP) is 3.19. The maximum atomic E-state index is 14.1. The maximum absolute atomic E-state index is 14.1. The topological polar surface area (TPSA) is 78.4 Å². The number of alkyl halides is 2. The van der Waals surface area contributed by atoms with Gasteiger partial charge < -0.3 is 15.3 Å². The zero-order chi connectivity index (χ0) is 19.4. The molecule has 1 saturated heterocycles. The standard InChI is InChI=1S/C19H22F2N4O2/c1-2-19(20,21)14-11-16(24-18(27)13-3-7-22-8-4-13)17(23-12-14)25-9-5-15(26)6-10-25/h3-4,7-8,11-12,15,26H,2,5-6,9-10H2,1H3,(H,24,27). The van der Waals surface area contributed by atoms with Crippen LogP contribution in [-0.4, -0.2) is 40.2 Å². The Morgan fingerprint density at radius 1 is 1.33 bits per heavy atom. The van der Waals surface area contributed by atoms with Crippen molar-refractivity contribution in [3.8, 4) is 0 Å². The van der Waals surface area contributed by atoms with Crippen molar-refractivity contribution in [2.75, 3.05) is 23.3 Å². The van der Waals surface area contributed by atoms with Crippen LogP contribution >= 0.6 is 0 Å². The quantitative estimate of drug-likeness (QED) is 0.838. The zero-order valence-corrected chi connectivity index (χ0v) is 15.0. The van der Waals surface area contributed by atoms with E-state index in [9.17, 15) is 18.7 Å². The van der Waals surface area contributed by atoms with Crippen LogP contribution < -0.4 is 10.2 Å². The number of halogens is 2. The molecule has 0 bridgehead atoms. The Balaban J connectivity index is 1.94.